The predicted molar refractivity (Wildman–Crippen MR) is 35.6 cm³/mol. The second kappa shape index (κ2) is 2.24. The number of rotatable bonds is 0. The molecule has 1 rings (SSSR count). The van der Waals surface area contributed by atoms with Crippen LogP contribution in [0.5, 0.6) is 0 Å². The van der Waals surface area contributed by atoms with Gasteiger partial charge in [-0.25, -0.2) is 12.8 Å². The first-order chi connectivity index (χ1) is 4.56. The molecule has 0 aromatic carbocycles. The molecule has 0 aliphatic carbocycles. The van der Waals surface area contributed by atoms with E-state index in [1.807, 2.05) is 0 Å². The lowest BCUT2D eigenvalue weighted by atomic mass is 10.1. The zero-order valence-corrected chi connectivity index (χ0v) is 6.07. The number of alkyl halides is 1. The van der Waals surface area contributed by atoms with Crippen molar-refractivity contribution in [1.82, 2.24) is 0 Å². The van der Waals surface area contributed by atoms with Gasteiger partial charge in [0, 0.05) is 12.3 Å². The molecular formula is C6H7FO2S. The molecule has 2 nitrogen and oxygen atoms in total. The summed E-state index contributed by atoms with van der Waals surface area (Å²) in [5, 5.41) is 0. The molecule has 0 aromatic rings. The normalized spacial score (nSPS) is 37.2. The molecule has 1 heterocycles. The summed E-state index contributed by atoms with van der Waals surface area (Å²) in [4.78, 5) is 0. The van der Waals surface area contributed by atoms with E-state index in [0.717, 1.165) is 0 Å². The summed E-state index contributed by atoms with van der Waals surface area (Å²) in [5.74, 6) is 1.62. The van der Waals surface area contributed by atoms with Gasteiger partial charge >= 0.3 is 0 Å². The van der Waals surface area contributed by atoms with Crippen molar-refractivity contribution >= 4 is 9.84 Å². The topological polar surface area (TPSA) is 34.1 Å². The fourth-order valence-corrected chi connectivity index (χ4v) is 2.47. The second-order valence-electron chi connectivity index (χ2n) is 2.34. The van der Waals surface area contributed by atoms with E-state index in [1.165, 1.54) is 0 Å². The third kappa shape index (κ3) is 1.14. The maximum Gasteiger partial charge on any atom is 0.202 e. The van der Waals surface area contributed by atoms with Gasteiger partial charge in [-0.05, 0) is 0 Å². The van der Waals surface area contributed by atoms with Crippen LogP contribution >= 0.6 is 0 Å². The van der Waals surface area contributed by atoms with Gasteiger partial charge in [-0.15, -0.1) is 12.3 Å². The quantitative estimate of drug-likeness (QED) is 0.482. The van der Waals surface area contributed by atoms with Crippen molar-refractivity contribution in [2.75, 3.05) is 5.75 Å². The average Bonchev–Trinajstić information content (AvgIpc) is 2.08. The average molecular weight is 162 g/mol. The van der Waals surface area contributed by atoms with Crippen LogP contribution in [-0.2, 0) is 9.84 Å². The van der Waals surface area contributed by atoms with Crippen molar-refractivity contribution in [2.45, 2.75) is 11.9 Å². The number of hydrogen-bond donors (Lipinski definition) is 0. The highest BCUT2D eigenvalue weighted by Crippen LogP contribution is 2.25. The summed E-state index contributed by atoms with van der Waals surface area (Å²) < 4.78 is 33.8. The van der Waals surface area contributed by atoms with E-state index in [0.29, 0.717) is 0 Å². The zero-order chi connectivity index (χ0) is 7.78. The number of hydrogen-bond acceptors (Lipinski definition) is 2. The molecule has 1 aliphatic heterocycles. The third-order valence-electron chi connectivity index (χ3n) is 1.53. The summed E-state index contributed by atoms with van der Waals surface area (Å²) in [6.07, 6.45) is 4.91. The minimum atomic E-state index is -3.50. The fraction of sp³-hybridized carbons (Fsp3) is 0.667. The van der Waals surface area contributed by atoms with Gasteiger partial charge in [0.15, 0.2) is 9.84 Å². The smallest absolute Gasteiger partial charge is 0.202 e. The molecular weight excluding hydrogens is 155 g/mol. The Balaban J connectivity index is 2.84. The van der Waals surface area contributed by atoms with E-state index in [9.17, 15) is 12.8 Å². The van der Waals surface area contributed by atoms with Gasteiger partial charge in [0.1, 0.15) is 0 Å². The number of terminal acetylenes is 1. The van der Waals surface area contributed by atoms with E-state index in [4.69, 9.17) is 6.42 Å². The first kappa shape index (κ1) is 7.55. The molecule has 0 radical (unpaired) electrons. The van der Waals surface area contributed by atoms with Crippen LogP contribution in [-0.4, -0.2) is 19.7 Å². The Labute approximate surface area is 59.3 Å². The van der Waals surface area contributed by atoms with Crippen molar-refractivity contribution in [2.24, 2.45) is 5.92 Å². The Bertz CT molecular complexity index is 262. The van der Waals surface area contributed by atoms with Crippen molar-refractivity contribution in [3.8, 4) is 12.3 Å². The molecule has 1 aliphatic rings. The summed E-state index contributed by atoms with van der Waals surface area (Å²) in [6, 6.07) is 0. The van der Waals surface area contributed by atoms with Crippen LogP contribution < -0.4 is 0 Å². The van der Waals surface area contributed by atoms with E-state index < -0.39 is 21.3 Å². The van der Waals surface area contributed by atoms with Crippen LogP contribution in [0.2, 0.25) is 0 Å². The van der Waals surface area contributed by atoms with Crippen LogP contribution in [0.3, 0.4) is 0 Å². The fourth-order valence-electron chi connectivity index (χ4n) is 0.939. The molecule has 10 heavy (non-hydrogen) atoms. The largest absolute Gasteiger partial charge is 0.230 e. The molecule has 0 amide bonds. The summed E-state index contributed by atoms with van der Waals surface area (Å²) in [7, 11) is -3.50. The third-order valence-corrected chi connectivity index (χ3v) is 3.37. The van der Waals surface area contributed by atoms with E-state index in [-0.39, 0.29) is 12.2 Å². The molecule has 0 bridgehead atoms. The number of sulfone groups is 1. The molecule has 4 heteroatoms. The van der Waals surface area contributed by atoms with Crippen molar-refractivity contribution < 1.29 is 12.8 Å². The molecule has 0 spiro atoms. The maximum absolute atomic E-state index is 12.5. The first-order valence-corrected chi connectivity index (χ1v) is 4.59. The van der Waals surface area contributed by atoms with E-state index >= 15 is 0 Å². The van der Waals surface area contributed by atoms with Gasteiger partial charge in [0.05, 0.1) is 5.75 Å². The molecule has 1 saturated heterocycles. The number of halogens is 1. The Kier molecular flexibility index (Phi) is 1.69. The maximum atomic E-state index is 12.5. The van der Waals surface area contributed by atoms with Gasteiger partial charge in [-0.3, -0.25) is 0 Å². The van der Waals surface area contributed by atoms with Gasteiger partial charge < -0.3 is 0 Å². The van der Waals surface area contributed by atoms with Crippen LogP contribution in [0.1, 0.15) is 6.42 Å². The molecule has 2 unspecified atom stereocenters. The molecule has 0 N–H and O–H groups in total. The van der Waals surface area contributed by atoms with Crippen LogP contribution in [0.15, 0.2) is 0 Å². The van der Waals surface area contributed by atoms with Crippen molar-refractivity contribution in [1.29, 1.82) is 0 Å². The highest BCUT2D eigenvalue weighted by molar-refractivity contribution is 7.92. The molecule has 0 saturated carbocycles. The van der Waals surface area contributed by atoms with Gasteiger partial charge in [-0.1, -0.05) is 0 Å². The lowest BCUT2D eigenvalue weighted by Gasteiger charge is -1.91. The van der Waals surface area contributed by atoms with Crippen molar-refractivity contribution in [3.05, 3.63) is 0 Å². The molecule has 56 valence electrons. The summed E-state index contributed by atoms with van der Waals surface area (Å²) >= 11 is 0. The lowest BCUT2D eigenvalue weighted by molar-refractivity contribution is 0.404. The Hall–Kier alpha value is -0.560. The monoisotopic (exact) mass is 162 g/mol. The highest BCUT2D eigenvalue weighted by atomic mass is 32.2. The predicted octanol–water partition coefficient (Wildman–Crippen LogP) is 0.350. The molecule has 0 aromatic heterocycles. The Morgan fingerprint density at radius 1 is 1.60 bits per heavy atom. The standard InChI is InChI=1S/C6H7FO2S/c1-2-5-3-6(7)10(8,9)4-5/h1,5-6H,3-4H2. The summed E-state index contributed by atoms with van der Waals surface area (Å²) in [5.41, 5.74) is -1.73. The minimum Gasteiger partial charge on any atom is -0.230 e. The molecule has 1 fully saturated rings. The van der Waals surface area contributed by atoms with Crippen LogP contribution in [0, 0.1) is 18.3 Å². The van der Waals surface area contributed by atoms with E-state index in [2.05, 4.69) is 5.92 Å². The highest BCUT2D eigenvalue weighted by Gasteiger charge is 2.37. The van der Waals surface area contributed by atoms with Gasteiger partial charge in [-0.2, -0.15) is 0 Å². The van der Waals surface area contributed by atoms with Gasteiger partial charge in [0.2, 0.25) is 5.50 Å². The Morgan fingerprint density at radius 2 is 2.20 bits per heavy atom. The zero-order valence-electron chi connectivity index (χ0n) is 5.25. The second-order valence-corrected chi connectivity index (χ2v) is 4.51. The SMILES string of the molecule is C#CC1CC(F)S(=O)(=O)C1. The Morgan fingerprint density at radius 3 is 2.40 bits per heavy atom. The van der Waals surface area contributed by atoms with E-state index in [1.54, 1.807) is 0 Å². The minimum absolute atomic E-state index is 0.0289. The molecule has 2 atom stereocenters. The lowest BCUT2D eigenvalue weighted by Crippen LogP contribution is -2.09. The van der Waals surface area contributed by atoms with Crippen molar-refractivity contribution in [3.63, 3.8) is 0 Å². The summed E-state index contributed by atoms with van der Waals surface area (Å²) in [6.45, 7) is 0. The van der Waals surface area contributed by atoms with Gasteiger partial charge in [0.25, 0.3) is 0 Å². The van der Waals surface area contributed by atoms with Crippen LogP contribution in [0.4, 0.5) is 4.39 Å². The first-order valence-electron chi connectivity index (χ1n) is 2.88. The van der Waals surface area contributed by atoms with Crippen LogP contribution in [0.25, 0.3) is 0 Å².